The standard InChI is InChI=1S/C12H7BrFIN2O2/c13-10-5-9(19-11(10)15)6-16-17-12(18)7-1-3-8(14)4-2-7/h1-6H,(H,17,18)/b16-6-. The number of benzene rings is 1. The Bertz CT molecular complexity index is 606. The van der Waals surface area contributed by atoms with E-state index in [9.17, 15) is 9.18 Å². The predicted molar refractivity (Wildman–Crippen MR) is 80.6 cm³/mol. The number of nitrogens with one attached hydrogen (secondary N) is 1. The monoisotopic (exact) mass is 436 g/mol. The van der Waals surface area contributed by atoms with Crippen molar-refractivity contribution in [2.75, 3.05) is 0 Å². The van der Waals surface area contributed by atoms with Gasteiger partial charge in [-0.2, -0.15) is 5.10 Å². The minimum absolute atomic E-state index is 0.328. The van der Waals surface area contributed by atoms with Gasteiger partial charge in [-0.3, -0.25) is 4.79 Å². The molecule has 0 unspecified atom stereocenters. The minimum Gasteiger partial charge on any atom is -0.448 e. The summed E-state index contributed by atoms with van der Waals surface area (Å²) in [5, 5.41) is 3.76. The van der Waals surface area contributed by atoms with Gasteiger partial charge >= 0.3 is 0 Å². The highest BCUT2D eigenvalue weighted by molar-refractivity contribution is 14.1. The minimum atomic E-state index is -0.420. The second-order valence-corrected chi connectivity index (χ2v) is 5.31. The van der Waals surface area contributed by atoms with E-state index in [4.69, 9.17) is 4.42 Å². The quantitative estimate of drug-likeness (QED) is 0.454. The smallest absolute Gasteiger partial charge is 0.271 e. The van der Waals surface area contributed by atoms with E-state index in [1.54, 1.807) is 6.07 Å². The molecule has 1 N–H and O–H groups in total. The van der Waals surface area contributed by atoms with E-state index in [-0.39, 0.29) is 0 Å². The van der Waals surface area contributed by atoms with E-state index < -0.39 is 11.7 Å². The third-order valence-corrected chi connectivity index (χ3v) is 4.26. The molecule has 0 aliphatic rings. The SMILES string of the molecule is O=C(N/N=C\c1cc(Br)c(I)o1)c1ccc(F)cc1. The number of furan rings is 1. The van der Waals surface area contributed by atoms with Gasteiger partial charge in [-0.1, -0.05) is 0 Å². The summed E-state index contributed by atoms with van der Waals surface area (Å²) >= 11 is 5.32. The number of halogens is 3. The highest BCUT2D eigenvalue weighted by Crippen LogP contribution is 2.21. The second kappa shape index (κ2) is 6.29. The Morgan fingerprint density at radius 1 is 1.42 bits per heavy atom. The van der Waals surface area contributed by atoms with Crippen LogP contribution in [-0.2, 0) is 0 Å². The van der Waals surface area contributed by atoms with E-state index in [2.05, 4.69) is 26.5 Å². The molecule has 0 spiro atoms. The Morgan fingerprint density at radius 3 is 2.68 bits per heavy atom. The van der Waals surface area contributed by atoms with Gasteiger partial charge in [0.25, 0.3) is 5.91 Å². The summed E-state index contributed by atoms with van der Waals surface area (Å²) in [5.74, 6) is -0.303. The Kier molecular flexibility index (Phi) is 4.70. The highest BCUT2D eigenvalue weighted by atomic mass is 127. The molecule has 2 rings (SSSR count). The molecule has 1 aromatic carbocycles. The van der Waals surface area contributed by atoms with Crippen LogP contribution in [0.5, 0.6) is 0 Å². The Morgan fingerprint density at radius 2 is 2.11 bits per heavy atom. The molecule has 0 atom stereocenters. The molecule has 98 valence electrons. The third-order valence-electron chi connectivity index (χ3n) is 2.13. The summed E-state index contributed by atoms with van der Waals surface area (Å²) in [4.78, 5) is 11.6. The van der Waals surface area contributed by atoms with E-state index in [0.29, 0.717) is 15.1 Å². The van der Waals surface area contributed by atoms with Crippen LogP contribution in [0.3, 0.4) is 0 Å². The second-order valence-electron chi connectivity index (χ2n) is 3.48. The zero-order valence-electron chi connectivity index (χ0n) is 9.36. The molecule has 0 bridgehead atoms. The highest BCUT2D eigenvalue weighted by Gasteiger charge is 2.05. The summed E-state index contributed by atoms with van der Waals surface area (Å²) in [5.41, 5.74) is 2.65. The first-order valence-corrected chi connectivity index (χ1v) is 6.97. The summed E-state index contributed by atoms with van der Waals surface area (Å²) in [6.07, 6.45) is 1.38. The van der Waals surface area contributed by atoms with Gasteiger partial charge < -0.3 is 4.42 Å². The molecule has 1 aromatic heterocycles. The van der Waals surface area contributed by atoms with Crippen molar-refractivity contribution in [1.82, 2.24) is 5.43 Å². The zero-order valence-corrected chi connectivity index (χ0v) is 13.1. The lowest BCUT2D eigenvalue weighted by atomic mass is 10.2. The van der Waals surface area contributed by atoms with Gasteiger partial charge in [-0.15, -0.1) is 0 Å². The molecule has 7 heteroatoms. The van der Waals surface area contributed by atoms with Crippen LogP contribution >= 0.6 is 38.5 Å². The van der Waals surface area contributed by atoms with Gasteiger partial charge in [0.15, 0.2) is 3.77 Å². The molecule has 0 saturated heterocycles. The summed E-state index contributed by atoms with van der Waals surface area (Å²) in [7, 11) is 0. The lowest BCUT2D eigenvalue weighted by Crippen LogP contribution is -2.17. The largest absolute Gasteiger partial charge is 0.448 e. The van der Waals surface area contributed by atoms with Crippen molar-refractivity contribution >= 4 is 50.6 Å². The fourth-order valence-electron chi connectivity index (χ4n) is 1.25. The molecular formula is C12H7BrFIN2O2. The molecule has 0 aliphatic carbocycles. The van der Waals surface area contributed by atoms with Gasteiger partial charge in [0.2, 0.25) is 0 Å². The molecule has 0 radical (unpaired) electrons. The molecule has 4 nitrogen and oxygen atoms in total. The van der Waals surface area contributed by atoms with Crippen LogP contribution in [0.4, 0.5) is 4.39 Å². The number of nitrogens with zero attached hydrogens (tertiary/aromatic N) is 1. The van der Waals surface area contributed by atoms with Gasteiger partial charge in [-0.05, 0) is 40.2 Å². The number of carbonyl (C=O) groups excluding carboxylic acids is 1. The lowest BCUT2D eigenvalue weighted by Gasteiger charge is -1.98. The van der Waals surface area contributed by atoms with Crippen molar-refractivity contribution < 1.29 is 13.6 Å². The summed E-state index contributed by atoms with van der Waals surface area (Å²) in [6.45, 7) is 0. The Hall–Kier alpha value is -1.22. The predicted octanol–water partition coefficient (Wildman–Crippen LogP) is 3.55. The van der Waals surface area contributed by atoms with Gasteiger partial charge in [0.05, 0.1) is 10.7 Å². The van der Waals surface area contributed by atoms with E-state index >= 15 is 0 Å². The molecule has 19 heavy (non-hydrogen) atoms. The van der Waals surface area contributed by atoms with Crippen LogP contribution < -0.4 is 5.43 Å². The number of hydrogen-bond donors (Lipinski definition) is 1. The van der Waals surface area contributed by atoms with Crippen molar-refractivity contribution in [3.8, 4) is 0 Å². The lowest BCUT2D eigenvalue weighted by molar-refractivity contribution is 0.0955. The molecule has 0 fully saturated rings. The van der Waals surface area contributed by atoms with Crippen LogP contribution in [0, 0.1) is 9.58 Å². The number of rotatable bonds is 3. The van der Waals surface area contributed by atoms with Crippen molar-refractivity contribution in [2.24, 2.45) is 5.10 Å². The number of amides is 1. The van der Waals surface area contributed by atoms with Crippen molar-refractivity contribution in [3.05, 3.63) is 55.7 Å². The maximum absolute atomic E-state index is 12.7. The van der Waals surface area contributed by atoms with Gasteiger partial charge in [0.1, 0.15) is 11.6 Å². The van der Waals surface area contributed by atoms with Gasteiger partial charge in [0, 0.05) is 34.2 Å². The van der Waals surface area contributed by atoms with Gasteiger partial charge in [-0.25, -0.2) is 9.82 Å². The molecule has 0 saturated carbocycles. The number of carbonyl (C=O) groups is 1. The van der Waals surface area contributed by atoms with E-state index in [1.165, 1.54) is 30.5 Å². The van der Waals surface area contributed by atoms with Crippen LogP contribution in [0.1, 0.15) is 16.1 Å². The summed E-state index contributed by atoms with van der Waals surface area (Å²) < 4.78 is 19.5. The fourth-order valence-corrected chi connectivity index (χ4v) is 1.96. The summed E-state index contributed by atoms with van der Waals surface area (Å²) in [6, 6.07) is 6.92. The van der Waals surface area contributed by atoms with Crippen molar-refractivity contribution in [3.63, 3.8) is 0 Å². The number of hydrazone groups is 1. The Balaban J connectivity index is 1.98. The molecule has 2 aromatic rings. The maximum atomic E-state index is 12.7. The van der Waals surface area contributed by atoms with Crippen molar-refractivity contribution in [1.29, 1.82) is 0 Å². The van der Waals surface area contributed by atoms with Crippen LogP contribution in [0.15, 0.2) is 44.3 Å². The fraction of sp³-hybridized carbons (Fsp3) is 0. The third kappa shape index (κ3) is 3.87. The van der Waals surface area contributed by atoms with Crippen LogP contribution in [-0.4, -0.2) is 12.1 Å². The maximum Gasteiger partial charge on any atom is 0.271 e. The average Bonchev–Trinajstić information content (AvgIpc) is 2.69. The zero-order chi connectivity index (χ0) is 13.8. The first-order chi connectivity index (χ1) is 9.06. The topological polar surface area (TPSA) is 54.6 Å². The normalized spacial score (nSPS) is 10.9. The molecule has 1 amide bonds. The Labute approximate surface area is 130 Å². The first kappa shape index (κ1) is 14.2. The molecule has 1 heterocycles. The van der Waals surface area contributed by atoms with Crippen LogP contribution in [0.25, 0.3) is 0 Å². The van der Waals surface area contributed by atoms with E-state index in [1.807, 2.05) is 22.6 Å². The average molecular weight is 437 g/mol. The van der Waals surface area contributed by atoms with E-state index in [0.717, 1.165) is 4.47 Å². The number of hydrogen-bond acceptors (Lipinski definition) is 3. The molecule has 0 aliphatic heterocycles. The van der Waals surface area contributed by atoms with Crippen LogP contribution in [0.2, 0.25) is 0 Å². The molecular weight excluding hydrogens is 430 g/mol. The first-order valence-electron chi connectivity index (χ1n) is 5.10. The van der Waals surface area contributed by atoms with Crippen molar-refractivity contribution in [2.45, 2.75) is 0 Å².